The van der Waals surface area contributed by atoms with E-state index in [2.05, 4.69) is 14.8 Å². The van der Waals surface area contributed by atoms with Crippen molar-refractivity contribution in [2.75, 3.05) is 63.8 Å². The molecule has 0 N–H and O–H groups in total. The standard InChI is InChI=1S/C22H35N5O3S/c28-22(26-10-4-1-2-5-11-26)19-24-14-16-25(17-15-24)21-9-8-20(18-23-21)31(29,30)27-12-6-3-7-13-27/h8-9,18H,1-7,10-17,19H2. The summed E-state index contributed by atoms with van der Waals surface area (Å²) >= 11 is 0. The molecule has 1 amide bonds. The van der Waals surface area contributed by atoms with Gasteiger partial charge in [0.25, 0.3) is 0 Å². The molecule has 31 heavy (non-hydrogen) atoms. The first-order valence-electron chi connectivity index (χ1n) is 11.8. The molecule has 3 aliphatic heterocycles. The highest BCUT2D eigenvalue weighted by molar-refractivity contribution is 7.89. The lowest BCUT2D eigenvalue weighted by molar-refractivity contribution is -0.132. The van der Waals surface area contributed by atoms with Gasteiger partial charge in [-0.2, -0.15) is 4.31 Å². The molecule has 172 valence electrons. The third kappa shape index (κ3) is 5.56. The Labute approximate surface area is 186 Å². The van der Waals surface area contributed by atoms with Crippen LogP contribution in [0.25, 0.3) is 0 Å². The molecule has 8 nitrogen and oxygen atoms in total. The van der Waals surface area contributed by atoms with Gasteiger partial charge in [0.05, 0.1) is 6.54 Å². The molecule has 0 aromatic carbocycles. The molecule has 9 heteroatoms. The average molecular weight is 450 g/mol. The van der Waals surface area contributed by atoms with Crippen molar-refractivity contribution in [2.45, 2.75) is 49.8 Å². The molecule has 3 saturated heterocycles. The maximum atomic E-state index is 12.8. The SMILES string of the molecule is O=C(CN1CCN(c2ccc(S(=O)(=O)N3CCCCC3)cn2)CC1)N1CCCCCC1. The normalized spacial score (nSPS) is 22.3. The maximum absolute atomic E-state index is 12.8. The minimum absolute atomic E-state index is 0.251. The zero-order valence-corrected chi connectivity index (χ0v) is 19.2. The second-order valence-electron chi connectivity index (χ2n) is 8.88. The highest BCUT2D eigenvalue weighted by Crippen LogP contribution is 2.22. The number of carbonyl (C=O) groups excluding carboxylic acids is 1. The Hall–Kier alpha value is -1.71. The van der Waals surface area contributed by atoms with Gasteiger partial charge in [0.15, 0.2) is 0 Å². The van der Waals surface area contributed by atoms with Gasteiger partial charge < -0.3 is 9.80 Å². The van der Waals surface area contributed by atoms with Gasteiger partial charge >= 0.3 is 0 Å². The average Bonchev–Trinajstić information content (AvgIpc) is 3.10. The van der Waals surface area contributed by atoms with E-state index in [9.17, 15) is 13.2 Å². The van der Waals surface area contributed by atoms with Crippen LogP contribution in [0.4, 0.5) is 5.82 Å². The molecular formula is C22H35N5O3S. The Balaban J connectivity index is 1.29. The number of piperazine rings is 1. The number of amides is 1. The van der Waals surface area contributed by atoms with E-state index >= 15 is 0 Å². The first-order chi connectivity index (χ1) is 15.0. The summed E-state index contributed by atoms with van der Waals surface area (Å²) in [5, 5.41) is 0. The highest BCUT2D eigenvalue weighted by atomic mass is 32.2. The fourth-order valence-corrected chi connectivity index (χ4v) is 6.18. The quantitative estimate of drug-likeness (QED) is 0.682. The van der Waals surface area contributed by atoms with E-state index in [0.29, 0.717) is 19.6 Å². The van der Waals surface area contributed by atoms with Crippen LogP contribution in [0, 0.1) is 0 Å². The molecule has 3 aliphatic rings. The largest absolute Gasteiger partial charge is 0.354 e. The van der Waals surface area contributed by atoms with Crippen LogP contribution >= 0.6 is 0 Å². The van der Waals surface area contributed by atoms with Crippen LogP contribution in [0.1, 0.15) is 44.9 Å². The number of nitrogens with zero attached hydrogens (tertiary/aromatic N) is 5. The van der Waals surface area contributed by atoms with E-state index in [0.717, 1.165) is 77.2 Å². The number of pyridine rings is 1. The van der Waals surface area contributed by atoms with Gasteiger partial charge in [-0.1, -0.05) is 19.3 Å². The number of likely N-dealkylation sites (tertiary alicyclic amines) is 1. The number of carbonyl (C=O) groups is 1. The molecule has 3 fully saturated rings. The molecule has 0 radical (unpaired) electrons. The van der Waals surface area contributed by atoms with Crippen LogP contribution in [0.15, 0.2) is 23.2 Å². The third-order valence-corrected chi connectivity index (χ3v) is 8.57. The summed E-state index contributed by atoms with van der Waals surface area (Å²) in [6.45, 7) is 6.70. The Morgan fingerprint density at radius 3 is 2.03 bits per heavy atom. The van der Waals surface area contributed by atoms with Gasteiger partial charge in [0.1, 0.15) is 10.7 Å². The zero-order valence-electron chi connectivity index (χ0n) is 18.4. The summed E-state index contributed by atoms with van der Waals surface area (Å²) in [6, 6.07) is 3.50. The Morgan fingerprint density at radius 1 is 0.806 bits per heavy atom. The van der Waals surface area contributed by atoms with Crippen molar-refractivity contribution in [3.63, 3.8) is 0 Å². The van der Waals surface area contributed by atoms with Crippen molar-refractivity contribution in [3.05, 3.63) is 18.3 Å². The van der Waals surface area contributed by atoms with E-state index in [1.807, 2.05) is 11.0 Å². The molecular weight excluding hydrogens is 414 g/mol. The second-order valence-corrected chi connectivity index (χ2v) is 10.8. The topological polar surface area (TPSA) is 77.1 Å². The van der Waals surface area contributed by atoms with Crippen LogP contribution in [-0.4, -0.2) is 92.3 Å². The van der Waals surface area contributed by atoms with Crippen molar-refractivity contribution < 1.29 is 13.2 Å². The molecule has 0 atom stereocenters. The van der Waals surface area contributed by atoms with Gasteiger partial charge in [-0.3, -0.25) is 9.69 Å². The minimum atomic E-state index is -3.44. The summed E-state index contributed by atoms with van der Waals surface area (Å²) in [6.07, 6.45) is 9.14. The number of piperidine rings is 1. The number of hydrogen-bond donors (Lipinski definition) is 0. The van der Waals surface area contributed by atoms with E-state index in [-0.39, 0.29) is 10.8 Å². The lowest BCUT2D eigenvalue weighted by Crippen LogP contribution is -2.50. The van der Waals surface area contributed by atoms with Gasteiger partial charge in [-0.05, 0) is 37.8 Å². The van der Waals surface area contributed by atoms with E-state index < -0.39 is 10.0 Å². The molecule has 4 rings (SSSR count). The fourth-order valence-electron chi connectivity index (χ4n) is 4.71. The van der Waals surface area contributed by atoms with E-state index in [1.165, 1.54) is 19.0 Å². The van der Waals surface area contributed by atoms with Crippen molar-refractivity contribution in [2.24, 2.45) is 0 Å². The predicted octanol–water partition coefficient (Wildman–Crippen LogP) is 1.78. The van der Waals surface area contributed by atoms with Crippen LogP contribution in [-0.2, 0) is 14.8 Å². The van der Waals surface area contributed by atoms with Crippen LogP contribution in [0.5, 0.6) is 0 Å². The first kappa shape index (κ1) is 22.5. The fraction of sp³-hybridized carbons (Fsp3) is 0.727. The Morgan fingerprint density at radius 2 is 1.42 bits per heavy atom. The van der Waals surface area contributed by atoms with Gasteiger partial charge in [0.2, 0.25) is 15.9 Å². The molecule has 4 heterocycles. The summed E-state index contributed by atoms with van der Waals surface area (Å²) in [5.41, 5.74) is 0. The highest BCUT2D eigenvalue weighted by Gasteiger charge is 2.27. The monoisotopic (exact) mass is 449 g/mol. The maximum Gasteiger partial charge on any atom is 0.244 e. The van der Waals surface area contributed by atoms with Crippen molar-refractivity contribution in [1.82, 2.24) is 19.1 Å². The van der Waals surface area contributed by atoms with Crippen molar-refractivity contribution in [1.29, 1.82) is 0 Å². The van der Waals surface area contributed by atoms with Gasteiger partial charge in [-0.25, -0.2) is 13.4 Å². The van der Waals surface area contributed by atoms with Crippen LogP contribution in [0.3, 0.4) is 0 Å². The molecule has 1 aromatic heterocycles. The van der Waals surface area contributed by atoms with Crippen LogP contribution in [0.2, 0.25) is 0 Å². The number of rotatable bonds is 5. The van der Waals surface area contributed by atoms with Gasteiger partial charge in [-0.15, -0.1) is 0 Å². The summed E-state index contributed by atoms with van der Waals surface area (Å²) in [5.74, 6) is 1.05. The van der Waals surface area contributed by atoms with Crippen molar-refractivity contribution >= 4 is 21.7 Å². The molecule has 0 bridgehead atoms. The zero-order chi connectivity index (χ0) is 21.7. The molecule has 0 aliphatic carbocycles. The lowest BCUT2D eigenvalue weighted by atomic mass is 10.2. The summed E-state index contributed by atoms with van der Waals surface area (Å²) < 4.78 is 27.2. The van der Waals surface area contributed by atoms with E-state index in [4.69, 9.17) is 0 Å². The Kier molecular flexibility index (Phi) is 7.45. The second kappa shape index (κ2) is 10.3. The molecule has 0 spiro atoms. The van der Waals surface area contributed by atoms with Gasteiger partial charge in [0, 0.05) is 58.6 Å². The molecule has 0 saturated carbocycles. The summed E-state index contributed by atoms with van der Waals surface area (Å²) in [4.78, 5) is 23.8. The minimum Gasteiger partial charge on any atom is -0.354 e. The molecule has 0 unspecified atom stereocenters. The Bertz CT molecular complexity index is 823. The first-order valence-corrected chi connectivity index (χ1v) is 13.2. The third-order valence-electron chi connectivity index (χ3n) is 6.69. The number of anilines is 1. The lowest BCUT2D eigenvalue weighted by Gasteiger charge is -2.36. The number of hydrogen-bond acceptors (Lipinski definition) is 6. The predicted molar refractivity (Wildman–Crippen MR) is 121 cm³/mol. The van der Waals surface area contributed by atoms with Crippen LogP contribution < -0.4 is 4.90 Å². The molecule has 1 aromatic rings. The summed E-state index contributed by atoms with van der Waals surface area (Å²) in [7, 11) is -3.44. The van der Waals surface area contributed by atoms with Crippen molar-refractivity contribution in [3.8, 4) is 0 Å². The van der Waals surface area contributed by atoms with E-state index in [1.54, 1.807) is 10.4 Å². The smallest absolute Gasteiger partial charge is 0.244 e. The number of aromatic nitrogens is 1. The number of sulfonamides is 1.